The molecule has 0 heterocycles. The lowest BCUT2D eigenvalue weighted by Crippen LogP contribution is -2.11. The Balaban J connectivity index is 2.57. The molecule has 104 valence electrons. The summed E-state index contributed by atoms with van der Waals surface area (Å²) in [6.07, 6.45) is 3.12. The van der Waals surface area contributed by atoms with E-state index in [4.69, 9.17) is 5.26 Å². The van der Waals surface area contributed by atoms with Crippen LogP contribution in [0.1, 0.15) is 20.3 Å². The Morgan fingerprint density at radius 1 is 1.20 bits per heavy atom. The maximum atomic E-state index is 11.6. The van der Waals surface area contributed by atoms with Crippen molar-refractivity contribution < 1.29 is 9.59 Å². The van der Waals surface area contributed by atoms with Crippen LogP contribution in [-0.4, -0.2) is 11.8 Å². The Bertz CT molecular complexity index is 539. The van der Waals surface area contributed by atoms with Crippen molar-refractivity contribution in [3.05, 3.63) is 36.4 Å². The van der Waals surface area contributed by atoms with Gasteiger partial charge in [0.15, 0.2) is 0 Å². The van der Waals surface area contributed by atoms with E-state index in [1.165, 1.54) is 6.08 Å². The number of allylic oxidation sites excluding steroid dienone is 1. The summed E-state index contributed by atoms with van der Waals surface area (Å²) in [5.41, 5.74) is 1.22. The van der Waals surface area contributed by atoms with Gasteiger partial charge in [0.2, 0.25) is 11.8 Å². The van der Waals surface area contributed by atoms with Crippen molar-refractivity contribution in [1.29, 1.82) is 5.26 Å². The summed E-state index contributed by atoms with van der Waals surface area (Å²) in [6, 6.07) is 8.47. The highest BCUT2D eigenvalue weighted by atomic mass is 16.2. The van der Waals surface area contributed by atoms with E-state index in [9.17, 15) is 9.59 Å². The van der Waals surface area contributed by atoms with Gasteiger partial charge in [-0.3, -0.25) is 9.59 Å². The monoisotopic (exact) mass is 271 g/mol. The minimum atomic E-state index is -0.357. The average molecular weight is 271 g/mol. The highest BCUT2D eigenvalue weighted by molar-refractivity contribution is 5.99. The van der Waals surface area contributed by atoms with E-state index in [1.54, 1.807) is 30.3 Å². The molecule has 0 atom stereocenters. The SMILES string of the molecule is CC(C)/C=C/C(=O)Nc1ccc(NC(=O)CC#N)cc1. The van der Waals surface area contributed by atoms with Crippen molar-refractivity contribution in [2.75, 3.05) is 10.6 Å². The molecule has 0 fully saturated rings. The first-order chi connectivity index (χ1) is 9.51. The minimum Gasteiger partial charge on any atom is -0.325 e. The average Bonchev–Trinajstić information content (AvgIpc) is 2.39. The van der Waals surface area contributed by atoms with Crippen LogP contribution in [0, 0.1) is 17.2 Å². The van der Waals surface area contributed by atoms with Gasteiger partial charge in [-0.15, -0.1) is 0 Å². The molecule has 0 saturated carbocycles. The number of nitrogens with zero attached hydrogens (tertiary/aromatic N) is 1. The van der Waals surface area contributed by atoms with Crippen LogP contribution >= 0.6 is 0 Å². The Morgan fingerprint density at radius 2 is 1.75 bits per heavy atom. The van der Waals surface area contributed by atoms with Gasteiger partial charge in [-0.2, -0.15) is 5.26 Å². The molecule has 0 saturated heterocycles. The molecule has 0 spiro atoms. The zero-order valence-electron chi connectivity index (χ0n) is 11.5. The molecule has 1 aromatic carbocycles. The van der Waals surface area contributed by atoms with E-state index in [2.05, 4.69) is 10.6 Å². The Morgan fingerprint density at radius 3 is 2.25 bits per heavy atom. The van der Waals surface area contributed by atoms with Crippen LogP contribution in [0.2, 0.25) is 0 Å². The van der Waals surface area contributed by atoms with E-state index in [1.807, 2.05) is 19.9 Å². The molecule has 5 nitrogen and oxygen atoms in total. The molecule has 0 aliphatic carbocycles. The number of anilines is 2. The first kappa shape index (κ1) is 15.4. The van der Waals surface area contributed by atoms with Crippen LogP contribution in [0.25, 0.3) is 0 Å². The van der Waals surface area contributed by atoms with Crippen molar-refractivity contribution >= 4 is 23.2 Å². The van der Waals surface area contributed by atoms with Gasteiger partial charge in [-0.1, -0.05) is 19.9 Å². The first-order valence-electron chi connectivity index (χ1n) is 6.27. The molecule has 2 amide bonds. The molecule has 5 heteroatoms. The second-order valence-electron chi connectivity index (χ2n) is 4.55. The Kier molecular flexibility index (Phi) is 5.98. The van der Waals surface area contributed by atoms with Crippen LogP contribution < -0.4 is 10.6 Å². The third-order valence-corrected chi connectivity index (χ3v) is 2.31. The molecule has 0 unspecified atom stereocenters. The summed E-state index contributed by atoms with van der Waals surface area (Å²) in [5.74, 6) is -0.234. The maximum absolute atomic E-state index is 11.6. The van der Waals surface area contributed by atoms with Gasteiger partial charge in [0.1, 0.15) is 6.42 Å². The van der Waals surface area contributed by atoms with Crippen molar-refractivity contribution in [2.45, 2.75) is 20.3 Å². The number of carbonyl (C=O) groups excluding carboxylic acids is 2. The number of amides is 2. The van der Waals surface area contributed by atoms with Crippen molar-refractivity contribution in [2.24, 2.45) is 5.92 Å². The summed E-state index contributed by atoms with van der Waals surface area (Å²) in [5, 5.41) is 13.7. The van der Waals surface area contributed by atoms with Gasteiger partial charge in [0.05, 0.1) is 6.07 Å². The molecule has 1 aromatic rings. The van der Waals surface area contributed by atoms with Crippen molar-refractivity contribution in [1.82, 2.24) is 0 Å². The summed E-state index contributed by atoms with van der Waals surface area (Å²) < 4.78 is 0. The van der Waals surface area contributed by atoms with Crippen molar-refractivity contribution in [3.63, 3.8) is 0 Å². The standard InChI is InChI=1S/C15H17N3O2/c1-11(2)3-8-14(19)17-12-4-6-13(7-5-12)18-15(20)9-10-16/h3-8,11H,9H2,1-2H3,(H,17,19)(H,18,20)/b8-3+. The quantitative estimate of drug-likeness (QED) is 0.808. The third kappa shape index (κ3) is 5.83. The van der Waals surface area contributed by atoms with Crippen LogP contribution in [-0.2, 0) is 9.59 Å². The highest BCUT2D eigenvalue weighted by Crippen LogP contribution is 2.13. The normalized spacial score (nSPS) is 10.3. The lowest BCUT2D eigenvalue weighted by molar-refractivity contribution is -0.115. The molecule has 1 rings (SSSR count). The number of hydrogen-bond acceptors (Lipinski definition) is 3. The minimum absolute atomic E-state index is 0.182. The van der Waals surface area contributed by atoms with E-state index in [-0.39, 0.29) is 18.2 Å². The zero-order valence-corrected chi connectivity index (χ0v) is 11.5. The predicted octanol–water partition coefficient (Wildman–Crippen LogP) is 2.69. The molecule has 0 aliphatic rings. The molecule has 2 N–H and O–H groups in total. The van der Waals surface area contributed by atoms with Gasteiger partial charge in [-0.25, -0.2) is 0 Å². The van der Waals surface area contributed by atoms with E-state index in [0.29, 0.717) is 17.3 Å². The molecule has 0 aliphatic heterocycles. The second-order valence-corrected chi connectivity index (χ2v) is 4.55. The molecule has 0 aromatic heterocycles. The van der Waals surface area contributed by atoms with Crippen molar-refractivity contribution in [3.8, 4) is 6.07 Å². The van der Waals surface area contributed by atoms with Gasteiger partial charge < -0.3 is 10.6 Å². The lowest BCUT2D eigenvalue weighted by Gasteiger charge is -2.05. The van der Waals surface area contributed by atoms with Crippen LogP contribution in [0.4, 0.5) is 11.4 Å². The molecule has 0 radical (unpaired) electrons. The number of hydrogen-bond donors (Lipinski definition) is 2. The van der Waals surface area contributed by atoms with Gasteiger partial charge in [0.25, 0.3) is 0 Å². The highest BCUT2D eigenvalue weighted by Gasteiger charge is 2.02. The number of benzene rings is 1. The van der Waals surface area contributed by atoms with Gasteiger partial charge in [0, 0.05) is 11.4 Å². The summed E-state index contributed by atoms with van der Waals surface area (Å²) in [7, 11) is 0. The fourth-order valence-electron chi connectivity index (χ4n) is 1.38. The second kappa shape index (κ2) is 7.74. The third-order valence-electron chi connectivity index (χ3n) is 2.31. The summed E-state index contributed by atoms with van der Waals surface area (Å²) >= 11 is 0. The topological polar surface area (TPSA) is 82.0 Å². The Hall–Kier alpha value is -2.61. The number of nitrogens with one attached hydrogen (secondary N) is 2. The molecular weight excluding hydrogens is 254 g/mol. The largest absolute Gasteiger partial charge is 0.325 e. The predicted molar refractivity (Wildman–Crippen MR) is 77.9 cm³/mol. The maximum Gasteiger partial charge on any atom is 0.248 e. The van der Waals surface area contributed by atoms with Gasteiger partial charge in [-0.05, 0) is 36.3 Å². The van der Waals surface area contributed by atoms with Gasteiger partial charge >= 0.3 is 0 Å². The summed E-state index contributed by atoms with van der Waals surface area (Å²) in [4.78, 5) is 22.8. The first-order valence-corrected chi connectivity index (χ1v) is 6.27. The number of carbonyl (C=O) groups is 2. The van der Waals surface area contributed by atoms with E-state index < -0.39 is 0 Å². The smallest absolute Gasteiger partial charge is 0.248 e. The number of rotatable bonds is 5. The molecule has 20 heavy (non-hydrogen) atoms. The Labute approximate surface area is 118 Å². The lowest BCUT2D eigenvalue weighted by atomic mass is 10.2. The van der Waals surface area contributed by atoms with Crippen LogP contribution in [0.3, 0.4) is 0 Å². The van der Waals surface area contributed by atoms with Crippen LogP contribution in [0.5, 0.6) is 0 Å². The van der Waals surface area contributed by atoms with E-state index >= 15 is 0 Å². The fourth-order valence-corrected chi connectivity index (χ4v) is 1.38. The molecular formula is C15H17N3O2. The summed E-state index contributed by atoms with van der Waals surface area (Å²) in [6.45, 7) is 3.98. The molecule has 0 bridgehead atoms. The fraction of sp³-hybridized carbons (Fsp3) is 0.267. The van der Waals surface area contributed by atoms with E-state index in [0.717, 1.165) is 0 Å². The zero-order chi connectivity index (χ0) is 15.0. The van der Waals surface area contributed by atoms with Crippen LogP contribution in [0.15, 0.2) is 36.4 Å². The number of nitriles is 1.